The Morgan fingerprint density at radius 1 is 1.14 bits per heavy atom. The van der Waals surface area contributed by atoms with Crippen LogP contribution in [0.25, 0.3) is 5.69 Å². The molecule has 0 aliphatic rings. The Labute approximate surface area is 167 Å². The van der Waals surface area contributed by atoms with E-state index in [0.29, 0.717) is 15.4 Å². The summed E-state index contributed by atoms with van der Waals surface area (Å²) >= 11 is 6.12. The van der Waals surface area contributed by atoms with Gasteiger partial charge in [-0.3, -0.25) is 4.79 Å². The Morgan fingerprint density at radius 3 is 2.34 bits per heavy atom. The molecule has 1 N–H and O–H groups in total. The summed E-state index contributed by atoms with van der Waals surface area (Å²) in [6, 6.07) is 8.67. The van der Waals surface area contributed by atoms with Crippen molar-refractivity contribution in [2.75, 3.05) is 24.3 Å². The molecule has 2 aromatic carbocycles. The van der Waals surface area contributed by atoms with E-state index < -0.39 is 29.3 Å². The lowest BCUT2D eigenvalue weighted by Gasteiger charge is -2.15. The summed E-state index contributed by atoms with van der Waals surface area (Å²) in [6.07, 6.45) is -4.93. The van der Waals surface area contributed by atoms with Gasteiger partial charge >= 0.3 is 6.18 Å². The average Bonchev–Trinajstić information content (AvgIpc) is 3.07. The SMILES string of the molecule is CN(C)c1ccc(NC(=O)c2nnn(-c3ccc(F)cc3)c2C(F)(F)F)cc1Cl. The van der Waals surface area contributed by atoms with Gasteiger partial charge in [0.25, 0.3) is 5.91 Å². The largest absolute Gasteiger partial charge is 0.435 e. The van der Waals surface area contributed by atoms with Crippen molar-refractivity contribution in [1.29, 1.82) is 0 Å². The van der Waals surface area contributed by atoms with Gasteiger partial charge in [0.15, 0.2) is 11.4 Å². The first-order valence-corrected chi connectivity index (χ1v) is 8.53. The third-order valence-corrected chi connectivity index (χ3v) is 4.22. The predicted octanol–water partition coefficient (Wildman–Crippen LogP) is 4.40. The zero-order valence-corrected chi connectivity index (χ0v) is 15.9. The first-order valence-electron chi connectivity index (χ1n) is 8.15. The number of aromatic nitrogens is 3. The lowest BCUT2D eigenvalue weighted by Crippen LogP contribution is -2.21. The number of carbonyl (C=O) groups is 1. The molecule has 1 heterocycles. The second-order valence-electron chi connectivity index (χ2n) is 6.19. The average molecular weight is 428 g/mol. The first kappa shape index (κ1) is 20.6. The highest BCUT2D eigenvalue weighted by atomic mass is 35.5. The predicted molar refractivity (Wildman–Crippen MR) is 100 cm³/mol. The van der Waals surface area contributed by atoms with Gasteiger partial charge in [0, 0.05) is 19.8 Å². The first-order chi connectivity index (χ1) is 13.6. The van der Waals surface area contributed by atoms with E-state index in [1.807, 2.05) is 0 Å². The Bertz CT molecular complexity index is 1050. The number of alkyl halides is 3. The van der Waals surface area contributed by atoms with Gasteiger partial charge in [-0.25, -0.2) is 9.07 Å². The molecule has 0 fully saturated rings. The number of halogens is 5. The van der Waals surface area contributed by atoms with Crippen molar-refractivity contribution < 1.29 is 22.4 Å². The molecule has 1 aromatic heterocycles. The maximum atomic E-state index is 13.6. The van der Waals surface area contributed by atoms with Gasteiger partial charge in [-0.1, -0.05) is 16.8 Å². The fourth-order valence-corrected chi connectivity index (χ4v) is 2.94. The van der Waals surface area contributed by atoms with Crippen molar-refractivity contribution in [1.82, 2.24) is 15.0 Å². The van der Waals surface area contributed by atoms with Crippen molar-refractivity contribution in [3.05, 3.63) is 64.7 Å². The van der Waals surface area contributed by atoms with Gasteiger partial charge in [0.2, 0.25) is 0 Å². The van der Waals surface area contributed by atoms with Gasteiger partial charge < -0.3 is 10.2 Å². The smallest absolute Gasteiger partial charge is 0.376 e. The van der Waals surface area contributed by atoms with E-state index in [4.69, 9.17) is 11.6 Å². The molecule has 0 aliphatic carbocycles. The molecule has 0 unspecified atom stereocenters. The Balaban J connectivity index is 1.97. The summed E-state index contributed by atoms with van der Waals surface area (Å²) in [6.45, 7) is 0. The van der Waals surface area contributed by atoms with E-state index in [2.05, 4.69) is 15.6 Å². The summed E-state index contributed by atoms with van der Waals surface area (Å²) in [4.78, 5) is 14.2. The molecule has 29 heavy (non-hydrogen) atoms. The normalized spacial score (nSPS) is 11.4. The van der Waals surface area contributed by atoms with E-state index in [-0.39, 0.29) is 11.4 Å². The van der Waals surface area contributed by atoms with Gasteiger partial charge in [-0.2, -0.15) is 13.2 Å². The molecule has 0 aliphatic heterocycles. The molecule has 152 valence electrons. The lowest BCUT2D eigenvalue weighted by atomic mass is 10.2. The number of amides is 1. The van der Waals surface area contributed by atoms with Crippen molar-refractivity contribution in [2.45, 2.75) is 6.18 Å². The van der Waals surface area contributed by atoms with Crippen LogP contribution in [0.1, 0.15) is 16.2 Å². The number of nitrogens with zero attached hydrogens (tertiary/aromatic N) is 4. The number of carbonyl (C=O) groups excluding carboxylic acids is 1. The molecule has 0 saturated carbocycles. The highest BCUT2D eigenvalue weighted by Gasteiger charge is 2.42. The fraction of sp³-hybridized carbons (Fsp3) is 0.167. The number of hydrogen-bond acceptors (Lipinski definition) is 4. The van der Waals surface area contributed by atoms with Gasteiger partial charge in [-0.05, 0) is 42.5 Å². The van der Waals surface area contributed by atoms with E-state index >= 15 is 0 Å². The van der Waals surface area contributed by atoms with Crippen molar-refractivity contribution in [3.8, 4) is 5.69 Å². The Hall–Kier alpha value is -3.14. The van der Waals surface area contributed by atoms with Crippen LogP contribution in [0.5, 0.6) is 0 Å². The number of benzene rings is 2. The molecule has 0 spiro atoms. The maximum Gasteiger partial charge on any atom is 0.435 e. The van der Waals surface area contributed by atoms with Crippen LogP contribution in [0, 0.1) is 5.82 Å². The van der Waals surface area contributed by atoms with Crippen LogP contribution in [0.2, 0.25) is 5.02 Å². The van der Waals surface area contributed by atoms with Crippen LogP contribution < -0.4 is 10.2 Å². The topological polar surface area (TPSA) is 63.1 Å². The van der Waals surface area contributed by atoms with E-state index in [1.165, 1.54) is 12.1 Å². The molecule has 3 aromatic rings. The summed E-state index contributed by atoms with van der Waals surface area (Å²) in [7, 11) is 3.53. The molecule has 0 bridgehead atoms. The number of hydrogen-bond donors (Lipinski definition) is 1. The lowest BCUT2D eigenvalue weighted by molar-refractivity contribution is -0.143. The molecule has 0 atom stereocenters. The number of nitrogens with one attached hydrogen (secondary N) is 1. The second kappa shape index (κ2) is 7.70. The summed E-state index contributed by atoms with van der Waals surface area (Å²) in [5.74, 6) is -1.74. The van der Waals surface area contributed by atoms with Crippen LogP contribution in [-0.2, 0) is 6.18 Å². The van der Waals surface area contributed by atoms with Gasteiger partial charge in [0.1, 0.15) is 5.82 Å². The molecule has 6 nitrogen and oxygen atoms in total. The third-order valence-electron chi connectivity index (χ3n) is 3.91. The molecular weight excluding hydrogens is 414 g/mol. The molecule has 3 rings (SSSR count). The summed E-state index contributed by atoms with van der Waals surface area (Å²) < 4.78 is 54.4. The van der Waals surface area contributed by atoms with Crippen LogP contribution in [-0.4, -0.2) is 35.0 Å². The molecule has 0 radical (unpaired) electrons. The summed E-state index contributed by atoms with van der Waals surface area (Å²) in [5, 5.41) is 9.46. The molecular formula is C18H14ClF4N5O. The number of anilines is 2. The number of rotatable bonds is 4. The van der Waals surface area contributed by atoms with E-state index in [9.17, 15) is 22.4 Å². The maximum absolute atomic E-state index is 13.6. The monoisotopic (exact) mass is 427 g/mol. The fourth-order valence-electron chi connectivity index (χ4n) is 2.59. The van der Waals surface area contributed by atoms with Crippen LogP contribution in [0.3, 0.4) is 0 Å². The van der Waals surface area contributed by atoms with Crippen LogP contribution in [0.15, 0.2) is 42.5 Å². The highest BCUT2D eigenvalue weighted by molar-refractivity contribution is 6.33. The molecule has 0 saturated heterocycles. The van der Waals surface area contributed by atoms with Crippen LogP contribution >= 0.6 is 11.6 Å². The quantitative estimate of drug-likeness (QED) is 0.627. The van der Waals surface area contributed by atoms with E-state index in [1.54, 1.807) is 25.1 Å². The van der Waals surface area contributed by atoms with E-state index in [0.717, 1.165) is 24.3 Å². The van der Waals surface area contributed by atoms with Crippen molar-refractivity contribution in [3.63, 3.8) is 0 Å². The zero-order valence-electron chi connectivity index (χ0n) is 15.1. The second-order valence-corrected chi connectivity index (χ2v) is 6.59. The molecule has 1 amide bonds. The zero-order chi connectivity index (χ0) is 21.3. The Kier molecular flexibility index (Phi) is 5.47. The summed E-state index contributed by atoms with van der Waals surface area (Å²) in [5.41, 5.74) is -1.53. The third kappa shape index (κ3) is 4.32. The standard InChI is InChI=1S/C18H14ClF4N5O/c1-27(2)14-8-5-11(9-13(14)19)24-17(29)15-16(18(21,22)23)28(26-25-15)12-6-3-10(20)4-7-12/h3-9H,1-2H3,(H,24,29). The minimum absolute atomic E-state index is 0.0938. The minimum Gasteiger partial charge on any atom is -0.376 e. The van der Waals surface area contributed by atoms with Gasteiger partial charge in [-0.15, -0.1) is 5.10 Å². The van der Waals surface area contributed by atoms with Crippen LogP contribution in [0.4, 0.5) is 28.9 Å². The minimum atomic E-state index is -4.93. The highest BCUT2D eigenvalue weighted by Crippen LogP contribution is 2.33. The van der Waals surface area contributed by atoms with Crippen molar-refractivity contribution in [2.24, 2.45) is 0 Å². The Morgan fingerprint density at radius 2 is 1.79 bits per heavy atom. The van der Waals surface area contributed by atoms with Crippen molar-refractivity contribution >= 4 is 28.9 Å². The molecule has 11 heteroatoms. The van der Waals surface area contributed by atoms with Gasteiger partial charge in [0.05, 0.1) is 16.4 Å².